The van der Waals surface area contributed by atoms with Crippen LogP contribution in [-0.2, 0) is 21.2 Å². The van der Waals surface area contributed by atoms with Gasteiger partial charge in [0.1, 0.15) is 0 Å². The summed E-state index contributed by atoms with van der Waals surface area (Å²) in [6.45, 7) is -0.331. The van der Waals surface area contributed by atoms with Crippen molar-refractivity contribution in [3.8, 4) is 11.5 Å². The van der Waals surface area contributed by atoms with E-state index in [1.54, 1.807) is 18.2 Å². The first-order valence-corrected chi connectivity index (χ1v) is 10.1. The van der Waals surface area contributed by atoms with Gasteiger partial charge in [-0.25, -0.2) is 13.1 Å². The highest BCUT2D eigenvalue weighted by Crippen LogP contribution is 2.29. The van der Waals surface area contributed by atoms with Crippen molar-refractivity contribution in [1.82, 2.24) is 4.72 Å². The molecule has 0 aliphatic heterocycles. The molecule has 0 saturated heterocycles. The Hall–Kier alpha value is -2.58. The van der Waals surface area contributed by atoms with Crippen LogP contribution in [0.3, 0.4) is 0 Å². The van der Waals surface area contributed by atoms with Crippen molar-refractivity contribution in [3.63, 3.8) is 0 Å². The van der Waals surface area contributed by atoms with E-state index in [0.29, 0.717) is 30.0 Å². The van der Waals surface area contributed by atoms with E-state index in [0.717, 1.165) is 5.56 Å². The molecular formula is C19H24N2O5S. The van der Waals surface area contributed by atoms with Gasteiger partial charge in [-0.2, -0.15) is 0 Å². The monoisotopic (exact) mass is 392 g/mol. The van der Waals surface area contributed by atoms with Crippen molar-refractivity contribution in [3.05, 3.63) is 54.1 Å². The van der Waals surface area contributed by atoms with Crippen LogP contribution in [0, 0.1) is 0 Å². The molecule has 0 radical (unpaired) electrons. The fourth-order valence-corrected chi connectivity index (χ4v) is 3.50. The lowest BCUT2D eigenvalue weighted by molar-refractivity contribution is -0.115. The number of sulfonamides is 1. The van der Waals surface area contributed by atoms with E-state index in [-0.39, 0.29) is 12.3 Å². The van der Waals surface area contributed by atoms with Crippen molar-refractivity contribution in [2.75, 3.05) is 31.8 Å². The average molecular weight is 392 g/mol. The molecule has 146 valence electrons. The highest BCUT2D eigenvalue weighted by atomic mass is 32.2. The molecule has 0 heterocycles. The van der Waals surface area contributed by atoms with E-state index >= 15 is 0 Å². The Labute approximate surface area is 159 Å². The summed E-state index contributed by atoms with van der Waals surface area (Å²) in [4.78, 5) is 12.0. The van der Waals surface area contributed by atoms with Gasteiger partial charge in [0.2, 0.25) is 15.9 Å². The molecule has 27 heavy (non-hydrogen) atoms. The maximum absolute atomic E-state index is 12.0. The zero-order valence-corrected chi connectivity index (χ0v) is 16.2. The van der Waals surface area contributed by atoms with Crippen molar-refractivity contribution in [2.24, 2.45) is 0 Å². The second-order valence-corrected chi connectivity index (χ2v) is 7.77. The predicted octanol–water partition coefficient (Wildman–Crippen LogP) is 2.19. The Bertz CT molecular complexity index is 854. The molecule has 0 saturated carbocycles. The number of benzene rings is 2. The van der Waals surface area contributed by atoms with Gasteiger partial charge < -0.3 is 14.8 Å². The zero-order chi connectivity index (χ0) is 19.7. The number of nitrogens with one attached hydrogen (secondary N) is 2. The molecule has 0 aliphatic rings. The van der Waals surface area contributed by atoms with Crippen molar-refractivity contribution < 1.29 is 22.7 Å². The lowest BCUT2D eigenvalue weighted by Crippen LogP contribution is -2.34. The largest absolute Gasteiger partial charge is 0.493 e. The Kier molecular flexibility index (Phi) is 7.63. The molecule has 7 nitrogen and oxygen atoms in total. The third kappa shape index (κ3) is 6.92. The van der Waals surface area contributed by atoms with E-state index in [2.05, 4.69) is 10.0 Å². The van der Waals surface area contributed by atoms with Crippen LogP contribution in [0.4, 0.5) is 5.69 Å². The van der Waals surface area contributed by atoms with Crippen LogP contribution in [0.25, 0.3) is 0 Å². The standard InChI is InChI=1S/C19H24N2O5S/c1-25-17-11-10-16(13-18(17)26-2)21-19(22)14-20-27(23,24)12-6-9-15-7-4-3-5-8-15/h3-5,7-8,10-11,13,20H,6,9,12,14H2,1-2H3,(H,21,22). The molecule has 8 heteroatoms. The normalized spacial score (nSPS) is 11.0. The van der Waals surface area contributed by atoms with Gasteiger partial charge in [-0.3, -0.25) is 4.79 Å². The number of ether oxygens (including phenoxy) is 2. The number of carbonyl (C=O) groups is 1. The second kappa shape index (κ2) is 9.94. The molecule has 2 aromatic carbocycles. The third-order valence-electron chi connectivity index (χ3n) is 3.84. The first-order chi connectivity index (χ1) is 12.9. The lowest BCUT2D eigenvalue weighted by Gasteiger charge is -2.11. The fourth-order valence-electron chi connectivity index (χ4n) is 2.48. The minimum atomic E-state index is -3.52. The number of anilines is 1. The minimum absolute atomic E-state index is 0.0362. The van der Waals surface area contributed by atoms with Crippen LogP contribution < -0.4 is 19.5 Å². The molecule has 0 bridgehead atoms. The molecule has 0 spiro atoms. The van der Waals surface area contributed by atoms with Gasteiger partial charge in [0.25, 0.3) is 0 Å². The highest BCUT2D eigenvalue weighted by molar-refractivity contribution is 7.89. The van der Waals surface area contributed by atoms with Crippen LogP contribution in [0.2, 0.25) is 0 Å². The van der Waals surface area contributed by atoms with E-state index in [1.165, 1.54) is 14.2 Å². The van der Waals surface area contributed by atoms with Crippen molar-refractivity contribution >= 4 is 21.6 Å². The summed E-state index contributed by atoms with van der Waals surface area (Å²) >= 11 is 0. The van der Waals surface area contributed by atoms with E-state index < -0.39 is 15.9 Å². The molecule has 2 rings (SSSR count). The highest BCUT2D eigenvalue weighted by Gasteiger charge is 2.13. The number of aryl methyl sites for hydroxylation is 1. The number of hydrogen-bond acceptors (Lipinski definition) is 5. The smallest absolute Gasteiger partial charge is 0.239 e. The summed E-state index contributed by atoms with van der Waals surface area (Å²) in [5, 5.41) is 2.62. The zero-order valence-electron chi connectivity index (χ0n) is 15.4. The number of carbonyl (C=O) groups excluding carboxylic acids is 1. The third-order valence-corrected chi connectivity index (χ3v) is 5.25. The topological polar surface area (TPSA) is 93.7 Å². The predicted molar refractivity (Wildman–Crippen MR) is 105 cm³/mol. The molecule has 2 aromatic rings. The molecule has 0 aromatic heterocycles. The maximum Gasteiger partial charge on any atom is 0.239 e. The molecule has 1 amide bonds. The van der Waals surface area contributed by atoms with Gasteiger partial charge in [-0.1, -0.05) is 30.3 Å². The van der Waals surface area contributed by atoms with Crippen LogP contribution in [0.1, 0.15) is 12.0 Å². The summed E-state index contributed by atoms with van der Waals surface area (Å²) in [6, 6.07) is 14.6. The van der Waals surface area contributed by atoms with Gasteiger partial charge in [-0.05, 0) is 30.5 Å². The van der Waals surface area contributed by atoms with Crippen LogP contribution in [0.5, 0.6) is 11.5 Å². The molecule has 0 aliphatic carbocycles. The number of hydrogen-bond donors (Lipinski definition) is 2. The minimum Gasteiger partial charge on any atom is -0.493 e. The Morgan fingerprint density at radius 2 is 1.70 bits per heavy atom. The quantitative estimate of drug-likeness (QED) is 0.646. The van der Waals surface area contributed by atoms with E-state index in [9.17, 15) is 13.2 Å². The van der Waals surface area contributed by atoms with Gasteiger partial charge in [0.05, 0.1) is 26.5 Å². The summed E-state index contributed by atoms with van der Waals surface area (Å²) in [7, 11) is -0.508. The van der Waals surface area contributed by atoms with Crippen LogP contribution in [-0.4, -0.2) is 40.8 Å². The lowest BCUT2D eigenvalue weighted by atomic mass is 10.1. The van der Waals surface area contributed by atoms with E-state index in [4.69, 9.17) is 9.47 Å². The van der Waals surface area contributed by atoms with Crippen molar-refractivity contribution in [1.29, 1.82) is 0 Å². The molecule has 2 N–H and O–H groups in total. The summed E-state index contributed by atoms with van der Waals surface area (Å²) in [5.74, 6) is 0.506. The van der Waals surface area contributed by atoms with Gasteiger partial charge in [0.15, 0.2) is 11.5 Å². The molecular weight excluding hydrogens is 368 g/mol. The Balaban J connectivity index is 1.80. The average Bonchev–Trinajstić information content (AvgIpc) is 2.67. The maximum atomic E-state index is 12.0. The Morgan fingerprint density at radius 3 is 2.37 bits per heavy atom. The van der Waals surface area contributed by atoms with Crippen molar-refractivity contribution in [2.45, 2.75) is 12.8 Å². The SMILES string of the molecule is COc1ccc(NC(=O)CNS(=O)(=O)CCCc2ccccc2)cc1OC. The van der Waals surface area contributed by atoms with Gasteiger partial charge in [-0.15, -0.1) is 0 Å². The molecule has 0 unspecified atom stereocenters. The molecule has 0 atom stereocenters. The summed E-state index contributed by atoms with van der Waals surface area (Å²) in [6.07, 6.45) is 1.15. The van der Waals surface area contributed by atoms with E-state index in [1.807, 2.05) is 30.3 Å². The molecule has 0 fully saturated rings. The first kappa shape index (κ1) is 20.7. The number of amides is 1. The summed E-state index contributed by atoms with van der Waals surface area (Å²) < 4.78 is 36.7. The van der Waals surface area contributed by atoms with Crippen LogP contribution >= 0.6 is 0 Å². The Morgan fingerprint density at radius 1 is 1.00 bits per heavy atom. The number of rotatable bonds is 10. The summed E-state index contributed by atoms with van der Waals surface area (Å²) in [5.41, 5.74) is 1.57. The fraction of sp³-hybridized carbons (Fsp3) is 0.316. The second-order valence-electron chi connectivity index (χ2n) is 5.85. The van der Waals surface area contributed by atoms with Crippen LogP contribution in [0.15, 0.2) is 48.5 Å². The van der Waals surface area contributed by atoms with Gasteiger partial charge >= 0.3 is 0 Å². The first-order valence-electron chi connectivity index (χ1n) is 8.46. The van der Waals surface area contributed by atoms with Gasteiger partial charge in [0, 0.05) is 11.8 Å². The number of methoxy groups -OCH3 is 2.